The summed E-state index contributed by atoms with van der Waals surface area (Å²) in [7, 11) is 0. The molecule has 2 amide bonds. The van der Waals surface area contributed by atoms with Crippen LogP contribution in [-0.2, 0) is 4.79 Å². The first kappa shape index (κ1) is 21.7. The van der Waals surface area contributed by atoms with Gasteiger partial charge in [0.25, 0.3) is 11.6 Å². The van der Waals surface area contributed by atoms with Crippen molar-refractivity contribution in [2.75, 3.05) is 5.32 Å². The zero-order valence-corrected chi connectivity index (χ0v) is 17.3. The van der Waals surface area contributed by atoms with Crippen LogP contribution in [0.4, 0.5) is 11.4 Å². The molecule has 0 bridgehead atoms. The van der Waals surface area contributed by atoms with Crippen LogP contribution in [0, 0.1) is 10.1 Å². The number of carbonyl (C=O) groups excluding carboxylic acids is 2. The summed E-state index contributed by atoms with van der Waals surface area (Å²) in [4.78, 5) is 35.8. The lowest BCUT2D eigenvalue weighted by Gasteiger charge is -2.11. The molecule has 0 spiro atoms. The number of benzene rings is 3. The number of carbonyl (C=O) groups is 2. The van der Waals surface area contributed by atoms with E-state index in [1.54, 1.807) is 48.5 Å². The number of nitrogens with zero attached hydrogens (tertiary/aromatic N) is 2. The molecule has 156 valence electrons. The highest BCUT2D eigenvalue weighted by Crippen LogP contribution is 2.36. The van der Waals surface area contributed by atoms with Crippen molar-refractivity contribution < 1.29 is 14.5 Å². The van der Waals surface area contributed by atoms with Crippen molar-refractivity contribution in [2.45, 2.75) is 16.7 Å². The molecule has 0 radical (unpaired) electrons. The Kier molecular flexibility index (Phi) is 7.13. The molecule has 3 rings (SSSR count). The van der Waals surface area contributed by atoms with Gasteiger partial charge in [-0.2, -0.15) is 5.10 Å². The average molecular weight is 434 g/mol. The molecule has 3 aromatic carbocycles. The van der Waals surface area contributed by atoms with E-state index in [4.69, 9.17) is 0 Å². The standard InChI is InChI=1S/C22H18N4O4S/c1-15(27)24-19-9-5-6-10-21(19)31-20-12-11-18(26(29)30)13-17(20)14-23-25-22(28)16-7-3-2-4-8-16/h2-14H,1H3,(H,24,27)(H,25,28)/b23-14+. The highest BCUT2D eigenvalue weighted by molar-refractivity contribution is 7.99. The van der Waals surface area contributed by atoms with E-state index in [0.29, 0.717) is 21.7 Å². The molecule has 31 heavy (non-hydrogen) atoms. The number of anilines is 1. The van der Waals surface area contributed by atoms with Crippen molar-refractivity contribution >= 4 is 41.2 Å². The van der Waals surface area contributed by atoms with E-state index in [9.17, 15) is 19.7 Å². The number of amides is 2. The highest BCUT2D eigenvalue weighted by Gasteiger charge is 2.13. The van der Waals surface area contributed by atoms with Crippen molar-refractivity contribution in [3.05, 3.63) is 94.0 Å². The Morgan fingerprint density at radius 2 is 1.71 bits per heavy atom. The molecule has 3 aromatic rings. The molecule has 0 fully saturated rings. The van der Waals surface area contributed by atoms with Crippen LogP contribution < -0.4 is 10.7 Å². The van der Waals surface area contributed by atoms with E-state index < -0.39 is 10.8 Å². The van der Waals surface area contributed by atoms with Crippen LogP contribution >= 0.6 is 11.8 Å². The van der Waals surface area contributed by atoms with E-state index in [1.807, 2.05) is 12.1 Å². The number of hydrazone groups is 1. The molecule has 0 atom stereocenters. The van der Waals surface area contributed by atoms with Crippen molar-refractivity contribution in [1.82, 2.24) is 5.43 Å². The van der Waals surface area contributed by atoms with Gasteiger partial charge in [0.15, 0.2) is 0 Å². The summed E-state index contributed by atoms with van der Waals surface area (Å²) in [6, 6.07) is 20.2. The monoisotopic (exact) mass is 434 g/mol. The number of nitrogens with one attached hydrogen (secondary N) is 2. The molecule has 0 saturated carbocycles. The van der Waals surface area contributed by atoms with Crippen LogP contribution in [0.1, 0.15) is 22.8 Å². The van der Waals surface area contributed by atoms with Gasteiger partial charge in [0.2, 0.25) is 5.91 Å². The fraction of sp³-hybridized carbons (Fsp3) is 0.0455. The summed E-state index contributed by atoms with van der Waals surface area (Å²) in [6.45, 7) is 1.42. The molecule has 0 saturated heterocycles. The number of non-ortho nitro benzene ring substituents is 1. The molecule has 0 unspecified atom stereocenters. The molecule has 0 heterocycles. The van der Waals surface area contributed by atoms with E-state index in [1.165, 1.54) is 37.0 Å². The first-order chi connectivity index (χ1) is 14.9. The van der Waals surface area contributed by atoms with Crippen molar-refractivity contribution in [1.29, 1.82) is 0 Å². The largest absolute Gasteiger partial charge is 0.325 e. The van der Waals surface area contributed by atoms with Crippen LogP contribution in [0.2, 0.25) is 0 Å². The lowest BCUT2D eigenvalue weighted by atomic mass is 10.2. The summed E-state index contributed by atoms with van der Waals surface area (Å²) in [5, 5.41) is 17.9. The van der Waals surface area contributed by atoms with Gasteiger partial charge in [-0.1, -0.05) is 42.1 Å². The summed E-state index contributed by atoms with van der Waals surface area (Å²) < 4.78 is 0. The van der Waals surface area contributed by atoms with Gasteiger partial charge in [-0.15, -0.1) is 0 Å². The SMILES string of the molecule is CC(=O)Nc1ccccc1Sc1ccc([N+](=O)[O-])cc1/C=N/NC(=O)c1ccccc1. The quantitative estimate of drug-likeness (QED) is 0.324. The third-order valence-electron chi connectivity index (χ3n) is 4.03. The van der Waals surface area contributed by atoms with Crippen molar-refractivity contribution in [2.24, 2.45) is 5.10 Å². The molecule has 0 aromatic heterocycles. The predicted molar refractivity (Wildman–Crippen MR) is 119 cm³/mol. The Labute approximate surface area is 182 Å². The first-order valence-corrected chi connectivity index (χ1v) is 9.97. The molecule has 2 N–H and O–H groups in total. The van der Waals surface area contributed by atoms with Gasteiger partial charge in [-0.3, -0.25) is 19.7 Å². The highest BCUT2D eigenvalue weighted by atomic mass is 32.2. The van der Waals surface area contributed by atoms with Gasteiger partial charge in [-0.25, -0.2) is 5.43 Å². The second-order valence-corrected chi connectivity index (χ2v) is 7.41. The number of nitro benzene ring substituents is 1. The Balaban J connectivity index is 1.87. The van der Waals surface area contributed by atoms with Gasteiger partial charge in [-0.05, 0) is 30.3 Å². The number of rotatable bonds is 7. The number of nitro groups is 1. The Morgan fingerprint density at radius 3 is 2.42 bits per heavy atom. The number of para-hydroxylation sites is 1. The lowest BCUT2D eigenvalue weighted by Crippen LogP contribution is -2.17. The third-order valence-corrected chi connectivity index (χ3v) is 5.20. The van der Waals surface area contributed by atoms with Gasteiger partial charge < -0.3 is 5.32 Å². The zero-order valence-electron chi connectivity index (χ0n) is 16.4. The van der Waals surface area contributed by atoms with Crippen LogP contribution in [0.25, 0.3) is 0 Å². The second-order valence-electron chi connectivity index (χ2n) is 6.32. The average Bonchev–Trinajstić information content (AvgIpc) is 2.76. The van der Waals surface area contributed by atoms with Crippen molar-refractivity contribution in [3.8, 4) is 0 Å². The normalized spacial score (nSPS) is 10.6. The van der Waals surface area contributed by atoms with E-state index in [-0.39, 0.29) is 11.6 Å². The van der Waals surface area contributed by atoms with Crippen LogP contribution in [0.15, 0.2) is 87.7 Å². The summed E-state index contributed by atoms with van der Waals surface area (Å²) in [6.07, 6.45) is 1.36. The second kappa shape index (κ2) is 10.2. The van der Waals surface area contributed by atoms with Crippen LogP contribution in [0.5, 0.6) is 0 Å². The third kappa shape index (κ3) is 6.00. The minimum atomic E-state index is -0.500. The topological polar surface area (TPSA) is 114 Å². The smallest absolute Gasteiger partial charge is 0.271 e. The van der Waals surface area contributed by atoms with Gasteiger partial charge in [0, 0.05) is 40.0 Å². The van der Waals surface area contributed by atoms with Crippen LogP contribution in [-0.4, -0.2) is 23.0 Å². The molecular formula is C22H18N4O4S. The summed E-state index contributed by atoms with van der Waals surface area (Å²) in [5.74, 6) is -0.602. The molecule has 8 nitrogen and oxygen atoms in total. The maximum atomic E-state index is 12.2. The Morgan fingerprint density at radius 1 is 1.00 bits per heavy atom. The molecule has 0 aliphatic carbocycles. The zero-order chi connectivity index (χ0) is 22.2. The Bertz CT molecular complexity index is 1150. The summed E-state index contributed by atoms with van der Waals surface area (Å²) >= 11 is 1.32. The Hall–Kier alpha value is -3.98. The summed E-state index contributed by atoms with van der Waals surface area (Å²) in [5.41, 5.74) is 3.83. The van der Waals surface area contributed by atoms with E-state index in [2.05, 4.69) is 15.8 Å². The van der Waals surface area contributed by atoms with Gasteiger partial charge in [0.1, 0.15) is 0 Å². The first-order valence-electron chi connectivity index (χ1n) is 9.15. The number of hydrogen-bond donors (Lipinski definition) is 2. The fourth-order valence-electron chi connectivity index (χ4n) is 2.62. The minimum absolute atomic E-state index is 0.102. The van der Waals surface area contributed by atoms with Gasteiger partial charge >= 0.3 is 0 Å². The fourth-order valence-corrected chi connectivity index (χ4v) is 3.60. The van der Waals surface area contributed by atoms with Crippen molar-refractivity contribution in [3.63, 3.8) is 0 Å². The molecular weight excluding hydrogens is 416 g/mol. The van der Waals surface area contributed by atoms with E-state index in [0.717, 1.165) is 4.90 Å². The predicted octanol–water partition coefficient (Wildman–Crippen LogP) is 4.47. The maximum absolute atomic E-state index is 12.2. The van der Waals surface area contributed by atoms with Crippen LogP contribution in [0.3, 0.4) is 0 Å². The minimum Gasteiger partial charge on any atom is -0.325 e. The molecule has 0 aliphatic heterocycles. The molecule has 9 heteroatoms. The maximum Gasteiger partial charge on any atom is 0.271 e. The number of hydrogen-bond acceptors (Lipinski definition) is 6. The van der Waals surface area contributed by atoms with E-state index >= 15 is 0 Å². The van der Waals surface area contributed by atoms with Gasteiger partial charge in [0.05, 0.1) is 16.8 Å². The lowest BCUT2D eigenvalue weighted by molar-refractivity contribution is -0.384. The molecule has 0 aliphatic rings.